The van der Waals surface area contributed by atoms with Crippen LogP contribution in [0.15, 0.2) is 72.8 Å². The number of fused-ring (bicyclic) bond motifs is 1. The molecule has 0 spiro atoms. The molecular formula is C28H31NO4. The SMILES string of the molecule is COc1cccc(CC(C)(O)CC(C)(CNc2ccc3c(c2)COC3=O)c2ccccc2)c1. The quantitative estimate of drug-likeness (QED) is 0.448. The summed E-state index contributed by atoms with van der Waals surface area (Å²) >= 11 is 0. The van der Waals surface area contributed by atoms with Crippen molar-refractivity contribution in [2.75, 3.05) is 19.0 Å². The van der Waals surface area contributed by atoms with Crippen LogP contribution in [0.25, 0.3) is 0 Å². The second-order valence-electron chi connectivity index (χ2n) is 9.43. The number of aliphatic hydroxyl groups is 1. The molecule has 2 N–H and O–H groups in total. The van der Waals surface area contributed by atoms with Crippen LogP contribution < -0.4 is 10.1 Å². The van der Waals surface area contributed by atoms with Crippen molar-refractivity contribution >= 4 is 11.7 Å². The lowest BCUT2D eigenvalue weighted by molar-refractivity contribution is 0.0305. The van der Waals surface area contributed by atoms with Crippen molar-refractivity contribution in [1.29, 1.82) is 0 Å². The van der Waals surface area contributed by atoms with Gasteiger partial charge in [0, 0.05) is 29.6 Å². The minimum absolute atomic E-state index is 0.265. The average molecular weight is 446 g/mol. The number of nitrogens with one attached hydrogen (secondary N) is 1. The molecule has 0 radical (unpaired) electrons. The molecule has 3 aromatic rings. The van der Waals surface area contributed by atoms with Gasteiger partial charge in [-0.3, -0.25) is 0 Å². The number of ether oxygens (including phenoxy) is 2. The summed E-state index contributed by atoms with van der Waals surface area (Å²) < 4.78 is 10.5. The Balaban J connectivity index is 1.54. The van der Waals surface area contributed by atoms with E-state index < -0.39 is 5.60 Å². The predicted octanol–water partition coefficient (Wildman–Crippen LogP) is 5.12. The fourth-order valence-corrected chi connectivity index (χ4v) is 4.77. The van der Waals surface area contributed by atoms with E-state index in [0.29, 0.717) is 31.6 Å². The fraction of sp³-hybridized carbons (Fsp3) is 0.321. The van der Waals surface area contributed by atoms with Gasteiger partial charge in [0.1, 0.15) is 12.4 Å². The summed E-state index contributed by atoms with van der Waals surface area (Å²) in [6.45, 7) is 5.01. The largest absolute Gasteiger partial charge is 0.497 e. The van der Waals surface area contributed by atoms with Gasteiger partial charge < -0.3 is 19.9 Å². The van der Waals surface area contributed by atoms with Gasteiger partial charge in [-0.25, -0.2) is 4.79 Å². The second kappa shape index (κ2) is 9.28. The third kappa shape index (κ3) is 5.37. The van der Waals surface area contributed by atoms with E-state index in [2.05, 4.69) is 24.4 Å². The molecule has 2 atom stereocenters. The van der Waals surface area contributed by atoms with E-state index in [1.54, 1.807) is 7.11 Å². The van der Waals surface area contributed by atoms with Crippen LogP contribution in [0.4, 0.5) is 5.69 Å². The maximum atomic E-state index is 11.7. The van der Waals surface area contributed by atoms with Crippen LogP contribution in [0, 0.1) is 0 Å². The Hall–Kier alpha value is -3.31. The normalized spacial score (nSPS) is 16.3. The zero-order chi connectivity index (χ0) is 23.5. The summed E-state index contributed by atoms with van der Waals surface area (Å²) in [5.41, 5.74) is 3.38. The zero-order valence-electron chi connectivity index (χ0n) is 19.4. The predicted molar refractivity (Wildman–Crippen MR) is 130 cm³/mol. The number of carbonyl (C=O) groups excluding carboxylic acids is 1. The van der Waals surface area contributed by atoms with Gasteiger partial charge >= 0.3 is 5.97 Å². The lowest BCUT2D eigenvalue weighted by Crippen LogP contribution is -2.41. The van der Waals surface area contributed by atoms with Gasteiger partial charge in [-0.15, -0.1) is 0 Å². The highest BCUT2D eigenvalue weighted by Gasteiger charge is 2.36. The van der Waals surface area contributed by atoms with Gasteiger partial charge in [-0.2, -0.15) is 0 Å². The molecule has 1 aliphatic heterocycles. The molecular weight excluding hydrogens is 414 g/mol. The molecule has 2 unspecified atom stereocenters. The van der Waals surface area contributed by atoms with Crippen LogP contribution in [0.1, 0.15) is 47.3 Å². The molecule has 0 amide bonds. The third-order valence-electron chi connectivity index (χ3n) is 6.33. The number of rotatable bonds is 9. The van der Waals surface area contributed by atoms with Crippen molar-refractivity contribution < 1.29 is 19.4 Å². The van der Waals surface area contributed by atoms with Crippen molar-refractivity contribution in [3.8, 4) is 5.75 Å². The first kappa shape index (κ1) is 22.9. The Morgan fingerprint density at radius 3 is 2.58 bits per heavy atom. The first-order valence-electron chi connectivity index (χ1n) is 11.2. The number of anilines is 1. The van der Waals surface area contributed by atoms with Crippen molar-refractivity contribution in [1.82, 2.24) is 0 Å². The van der Waals surface area contributed by atoms with E-state index in [1.807, 2.05) is 67.6 Å². The molecule has 33 heavy (non-hydrogen) atoms. The lowest BCUT2D eigenvalue weighted by Gasteiger charge is -2.38. The standard InChI is InChI=1S/C28H31NO4/c1-27(22-9-5-4-6-10-22,18-28(2,31)16-20-8-7-11-24(14-20)32-3)19-29-23-12-13-25-21(15-23)17-33-26(25)30/h4-15,29,31H,16-19H2,1-3H3. The first-order valence-corrected chi connectivity index (χ1v) is 11.2. The number of cyclic esters (lactones) is 1. The number of hydrogen-bond acceptors (Lipinski definition) is 5. The van der Waals surface area contributed by atoms with Crippen LogP contribution in [0.5, 0.6) is 5.75 Å². The lowest BCUT2D eigenvalue weighted by atomic mass is 9.72. The number of hydrogen-bond donors (Lipinski definition) is 2. The molecule has 0 aromatic heterocycles. The Kier molecular flexibility index (Phi) is 6.43. The Morgan fingerprint density at radius 1 is 1.03 bits per heavy atom. The van der Waals surface area contributed by atoms with Gasteiger partial charge in [-0.05, 0) is 54.8 Å². The summed E-state index contributed by atoms with van der Waals surface area (Å²) in [5.74, 6) is 0.522. The van der Waals surface area contributed by atoms with E-state index in [0.717, 1.165) is 28.1 Å². The molecule has 5 nitrogen and oxygen atoms in total. The van der Waals surface area contributed by atoms with Crippen molar-refractivity contribution in [3.63, 3.8) is 0 Å². The van der Waals surface area contributed by atoms with Crippen LogP contribution in [0.3, 0.4) is 0 Å². The highest BCUT2D eigenvalue weighted by Crippen LogP contribution is 2.35. The van der Waals surface area contributed by atoms with Crippen molar-refractivity contribution in [2.24, 2.45) is 0 Å². The highest BCUT2D eigenvalue weighted by molar-refractivity contribution is 5.93. The van der Waals surface area contributed by atoms with Crippen LogP contribution in [-0.2, 0) is 23.2 Å². The maximum Gasteiger partial charge on any atom is 0.338 e. The Morgan fingerprint density at radius 2 is 1.82 bits per heavy atom. The van der Waals surface area contributed by atoms with E-state index in [4.69, 9.17) is 9.47 Å². The molecule has 0 saturated carbocycles. The second-order valence-corrected chi connectivity index (χ2v) is 9.43. The molecule has 1 aliphatic rings. The van der Waals surface area contributed by atoms with E-state index in [1.165, 1.54) is 0 Å². The smallest absolute Gasteiger partial charge is 0.338 e. The van der Waals surface area contributed by atoms with Crippen molar-refractivity contribution in [3.05, 3.63) is 95.1 Å². The van der Waals surface area contributed by atoms with Crippen LogP contribution in [-0.4, -0.2) is 30.3 Å². The van der Waals surface area contributed by atoms with Crippen LogP contribution >= 0.6 is 0 Å². The summed E-state index contributed by atoms with van der Waals surface area (Å²) in [7, 11) is 1.65. The zero-order valence-corrected chi connectivity index (χ0v) is 19.4. The molecule has 172 valence electrons. The van der Waals surface area contributed by atoms with Gasteiger partial charge in [0.25, 0.3) is 0 Å². The van der Waals surface area contributed by atoms with Crippen molar-refractivity contribution in [2.45, 2.75) is 44.3 Å². The molecule has 0 bridgehead atoms. The van der Waals surface area contributed by atoms with Gasteiger partial charge in [-0.1, -0.05) is 49.4 Å². The van der Waals surface area contributed by atoms with Gasteiger partial charge in [0.2, 0.25) is 0 Å². The van der Waals surface area contributed by atoms with E-state index in [-0.39, 0.29) is 11.4 Å². The van der Waals surface area contributed by atoms with Gasteiger partial charge in [0.05, 0.1) is 18.3 Å². The number of esters is 1. The summed E-state index contributed by atoms with van der Waals surface area (Å²) in [6, 6.07) is 23.8. The Labute approximate surface area is 195 Å². The molecule has 3 aromatic carbocycles. The van der Waals surface area contributed by atoms with Crippen LogP contribution in [0.2, 0.25) is 0 Å². The molecule has 0 saturated heterocycles. The number of methoxy groups -OCH3 is 1. The van der Waals surface area contributed by atoms with E-state index >= 15 is 0 Å². The molecule has 5 heteroatoms. The fourth-order valence-electron chi connectivity index (χ4n) is 4.77. The van der Waals surface area contributed by atoms with Gasteiger partial charge in [0.15, 0.2) is 0 Å². The topological polar surface area (TPSA) is 67.8 Å². The number of carbonyl (C=O) groups is 1. The molecule has 4 rings (SSSR count). The first-order chi connectivity index (χ1) is 15.8. The van der Waals surface area contributed by atoms with E-state index in [9.17, 15) is 9.90 Å². The highest BCUT2D eigenvalue weighted by atomic mass is 16.5. The molecule has 1 heterocycles. The Bertz CT molecular complexity index is 1130. The summed E-state index contributed by atoms with van der Waals surface area (Å²) in [6.07, 6.45) is 1.08. The molecule has 0 fully saturated rings. The number of benzene rings is 3. The molecule has 0 aliphatic carbocycles. The summed E-state index contributed by atoms with van der Waals surface area (Å²) in [4.78, 5) is 11.7. The minimum Gasteiger partial charge on any atom is -0.497 e. The average Bonchev–Trinajstić information content (AvgIpc) is 3.18. The monoisotopic (exact) mass is 445 g/mol. The minimum atomic E-state index is -0.934. The third-order valence-corrected chi connectivity index (χ3v) is 6.33. The maximum absolute atomic E-state index is 11.7. The summed E-state index contributed by atoms with van der Waals surface area (Å²) in [5, 5.41) is 15.0.